The van der Waals surface area contributed by atoms with Crippen molar-refractivity contribution >= 4 is 16.7 Å². The maximum atomic E-state index is 11.6. The van der Waals surface area contributed by atoms with E-state index >= 15 is 0 Å². The zero-order valence-electron chi connectivity index (χ0n) is 8.06. The normalized spacial score (nSPS) is 11.3. The van der Waals surface area contributed by atoms with Crippen LogP contribution in [0, 0.1) is 6.92 Å². The van der Waals surface area contributed by atoms with Crippen LogP contribution in [0.5, 0.6) is 0 Å². The maximum Gasteiger partial charge on any atom is 0.348 e. The van der Waals surface area contributed by atoms with Crippen molar-refractivity contribution in [2.75, 3.05) is 0 Å². The second-order valence-corrected chi connectivity index (χ2v) is 3.37. The Morgan fingerprint density at radius 1 is 1.33 bits per heavy atom. The molecular formula is C10H8N4O. The number of H-pyrrole nitrogens is 1. The van der Waals surface area contributed by atoms with Gasteiger partial charge in [0.05, 0.1) is 11.0 Å². The van der Waals surface area contributed by atoms with Crippen LogP contribution in [0.3, 0.4) is 0 Å². The smallest absolute Gasteiger partial charge is 0.246 e. The van der Waals surface area contributed by atoms with Gasteiger partial charge in [0.1, 0.15) is 5.69 Å². The van der Waals surface area contributed by atoms with Gasteiger partial charge in [-0.3, -0.25) is 0 Å². The molecule has 0 aliphatic heterocycles. The van der Waals surface area contributed by atoms with Crippen molar-refractivity contribution in [3.8, 4) is 0 Å². The molecule has 0 spiro atoms. The Morgan fingerprint density at radius 2 is 2.13 bits per heavy atom. The lowest BCUT2D eigenvalue weighted by atomic mass is 10.3. The third kappa shape index (κ3) is 0.999. The van der Waals surface area contributed by atoms with Crippen molar-refractivity contribution in [1.82, 2.24) is 19.6 Å². The third-order valence-corrected chi connectivity index (χ3v) is 2.41. The highest BCUT2D eigenvalue weighted by Crippen LogP contribution is 2.14. The minimum Gasteiger partial charge on any atom is -0.246 e. The van der Waals surface area contributed by atoms with Crippen molar-refractivity contribution in [1.29, 1.82) is 0 Å². The molecule has 0 aliphatic carbocycles. The van der Waals surface area contributed by atoms with Gasteiger partial charge in [0.2, 0.25) is 0 Å². The summed E-state index contributed by atoms with van der Waals surface area (Å²) in [5.74, 6) is 0. The number of hydrogen-bond donors (Lipinski definition) is 1. The summed E-state index contributed by atoms with van der Waals surface area (Å²) in [4.78, 5) is 16.0. The molecule has 0 atom stereocenters. The zero-order chi connectivity index (χ0) is 10.4. The molecule has 2 heterocycles. The number of nitrogens with one attached hydrogen (secondary N) is 1. The van der Waals surface area contributed by atoms with E-state index in [1.807, 2.05) is 31.2 Å². The van der Waals surface area contributed by atoms with Gasteiger partial charge in [-0.1, -0.05) is 12.1 Å². The van der Waals surface area contributed by atoms with Gasteiger partial charge in [0.15, 0.2) is 5.65 Å². The van der Waals surface area contributed by atoms with Crippen molar-refractivity contribution in [2.45, 2.75) is 6.92 Å². The van der Waals surface area contributed by atoms with E-state index in [0.29, 0.717) is 11.3 Å². The summed E-state index contributed by atoms with van der Waals surface area (Å²) in [6.07, 6.45) is 0. The van der Waals surface area contributed by atoms with E-state index in [9.17, 15) is 4.79 Å². The molecule has 3 rings (SSSR count). The molecule has 74 valence electrons. The first kappa shape index (κ1) is 8.16. The van der Waals surface area contributed by atoms with E-state index in [0.717, 1.165) is 11.0 Å². The highest BCUT2D eigenvalue weighted by molar-refractivity contribution is 5.80. The fraction of sp³-hybridized carbons (Fsp3) is 0.100. The summed E-state index contributed by atoms with van der Waals surface area (Å²) < 4.78 is 1.54. The summed E-state index contributed by atoms with van der Waals surface area (Å²) in [5, 5.41) is 6.32. The number of imidazole rings is 1. The van der Waals surface area contributed by atoms with Crippen LogP contribution in [0.4, 0.5) is 0 Å². The molecule has 0 aliphatic rings. The average molecular weight is 200 g/mol. The van der Waals surface area contributed by atoms with E-state index in [4.69, 9.17) is 0 Å². The summed E-state index contributed by atoms with van der Waals surface area (Å²) in [5.41, 5.74) is 2.67. The molecule has 0 saturated heterocycles. The van der Waals surface area contributed by atoms with Crippen LogP contribution in [-0.2, 0) is 0 Å². The predicted molar refractivity (Wildman–Crippen MR) is 55.9 cm³/mol. The lowest BCUT2D eigenvalue weighted by Crippen LogP contribution is -2.18. The molecule has 1 N–H and O–H groups in total. The lowest BCUT2D eigenvalue weighted by Gasteiger charge is -1.94. The van der Waals surface area contributed by atoms with E-state index in [1.54, 1.807) is 0 Å². The molecule has 2 aromatic heterocycles. The quantitative estimate of drug-likeness (QED) is 0.586. The highest BCUT2D eigenvalue weighted by Gasteiger charge is 2.08. The van der Waals surface area contributed by atoms with Gasteiger partial charge in [0.25, 0.3) is 0 Å². The largest absolute Gasteiger partial charge is 0.348 e. The van der Waals surface area contributed by atoms with Gasteiger partial charge >= 0.3 is 5.69 Å². The molecule has 0 unspecified atom stereocenters. The number of aromatic amines is 1. The molecule has 15 heavy (non-hydrogen) atoms. The van der Waals surface area contributed by atoms with Gasteiger partial charge < -0.3 is 0 Å². The number of aryl methyl sites for hydroxylation is 1. The molecular weight excluding hydrogens is 192 g/mol. The maximum absolute atomic E-state index is 11.6. The number of benzene rings is 1. The molecule has 0 fully saturated rings. The van der Waals surface area contributed by atoms with Crippen LogP contribution in [-0.4, -0.2) is 19.6 Å². The van der Waals surface area contributed by atoms with E-state index < -0.39 is 0 Å². The molecule has 0 amide bonds. The summed E-state index contributed by atoms with van der Waals surface area (Å²) in [6.45, 7) is 1.82. The van der Waals surface area contributed by atoms with Crippen LogP contribution >= 0.6 is 0 Å². The molecule has 0 saturated carbocycles. The Morgan fingerprint density at radius 3 is 3.00 bits per heavy atom. The van der Waals surface area contributed by atoms with Gasteiger partial charge in [-0.25, -0.2) is 19.3 Å². The lowest BCUT2D eigenvalue weighted by molar-refractivity contribution is 0.868. The third-order valence-electron chi connectivity index (χ3n) is 2.41. The Hall–Kier alpha value is -2.17. The molecule has 5 nitrogen and oxygen atoms in total. The first-order valence-corrected chi connectivity index (χ1v) is 4.60. The number of fused-ring (bicyclic) bond motifs is 3. The number of hydrogen-bond acceptors (Lipinski definition) is 3. The first-order chi connectivity index (χ1) is 7.27. The zero-order valence-corrected chi connectivity index (χ0v) is 8.06. The summed E-state index contributed by atoms with van der Waals surface area (Å²) in [6, 6.07) is 7.52. The van der Waals surface area contributed by atoms with Crippen LogP contribution < -0.4 is 5.69 Å². The Bertz CT molecular complexity index is 710. The van der Waals surface area contributed by atoms with Crippen molar-refractivity contribution in [2.24, 2.45) is 0 Å². The monoisotopic (exact) mass is 200 g/mol. The van der Waals surface area contributed by atoms with E-state index in [2.05, 4.69) is 15.2 Å². The molecule has 0 bridgehead atoms. The molecule has 3 aromatic rings. The Kier molecular flexibility index (Phi) is 1.45. The summed E-state index contributed by atoms with van der Waals surface area (Å²) >= 11 is 0. The number of rotatable bonds is 0. The fourth-order valence-electron chi connectivity index (χ4n) is 1.71. The van der Waals surface area contributed by atoms with Gasteiger partial charge in [-0.2, -0.15) is 5.10 Å². The highest BCUT2D eigenvalue weighted by atomic mass is 16.1. The van der Waals surface area contributed by atoms with Crippen molar-refractivity contribution in [3.05, 3.63) is 40.4 Å². The van der Waals surface area contributed by atoms with Crippen molar-refractivity contribution in [3.63, 3.8) is 0 Å². The van der Waals surface area contributed by atoms with Crippen LogP contribution in [0.25, 0.3) is 16.7 Å². The van der Waals surface area contributed by atoms with E-state index in [-0.39, 0.29) is 5.69 Å². The van der Waals surface area contributed by atoms with Crippen molar-refractivity contribution < 1.29 is 0 Å². The average Bonchev–Trinajstić information content (AvgIpc) is 2.64. The fourth-order valence-corrected chi connectivity index (χ4v) is 1.71. The Balaban J connectivity index is 2.72. The topological polar surface area (TPSA) is 63.0 Å². The minimum absolute atomic E-state index is 0.260. The Labute approximate surface area is 84.4 Å². The minimum atomic E-state index is -0.260. The molecule has 5 heteroatoms. The van der Waals surface area contributed by atoms with Gasteiger partial charge in [-0.05, 0) is 19.1 Å². The second kappa shape index (κ2) is 2.66. The standard InChI is InChI=1S/C10H8N4O/c1-6-9-11-7-4-2-3-5-8(7)14(9)10(15)13-12-6/h2-5H,1H3,(H,13,15). The van der Waals surface area contributed by atoms with Crippen LogP contribution in [0.1, 0.15) is 5.69 Å². The van der Waals surface area contributed by atoms with Crippen LogP contribution in [0.2, 0.25) is 0 Å². The number of aromatic nitrogens is 4. The van der Waals surface area contributed by atoms with Gasteiger partial charge in [0, 0.05) is 0 Å². The first-order valence-electron chi connectivity index (χ1n) is 4.60. The van der Waals surface area contributed by atoms with E-state index in [1.165, 1.54) is 4.40 Å². The number of para-hydroxylation sites is 2. The predicted octanol–water partition coefficient (Wildman–Crippen LogP) is 0.879. The summed E-state index contributed by atoms with van der Waals surface area (Å²) in [7, 11) is 0. The number of nitrogens with zero attached hydrogens (tertiary/aromatic N) is 3. The van der Waals surface area contributed by atoms with Gasteiger partial charge in [-0.15, -0.1) is 0 Å². The molecule has 0 radical (unpaired) electrons. The van der Waals surface area contributed by atoms with Crippen LogP contribution in [0.15, 0.2) is 29.1 Å². The molecule has 1 aromatic carbocycles. The SMILES string of the molecule is Cc1n[nH]c(=O)n2c1nc1ccccc12. The second-order valence-electron chi connectivity index (χ2n) is 3.37.